The number of carbonyl (C=O) groups is 2. The van der Waals surface area contributed by atoms with E-state index in [0.717, 1.165) is 37.0 Å². The highest BCUT2D eigenvalue weighted by molar-refractivity contribution is 5.99. The second-order valence-electron chi connectivity index (χ2n) is 9.90. The van der Waals surface area contributed by atoms with Crippen molar-refractivity contribution in [2.45, 2.75) is 51.9 Å². The molecule has 198 valence electrons. The van der Waals surface area contributed by atoms with Crippen LogP contribution < -0.4 is 15.5 Å². The Bertz CT molecular complexity index is 1420. The summed E-state index contributed by atoms with van der Waals surface area (Å²) in [6, 6.07) is 12.3. The summed E-state index contributed by atoms with van der Waals surface area (Å²) < 4.78 is 34.9. The van der Waals surface area contributed by atoms with Crippen molar-refractivity contribution in [3.8, 4) is 5.75 Å². The molecular formula is C29H29F2N3O4. The van der Waals surface area contributed by atoms with Gasteiger partial charge in [-0.15, -0.1) is 0 Å². The van der Waals surface area contributed by atoms with E-state index in [2.05, 4.69) is 12.2 Å². The smallest absolute Gasteiger partial charge is 0.274 e. The van der Waals surface area contributed by atoms with Crippen LogP contribution in [0.2, 0.25) is 0 Å². The van der Waals surface area contributed by atoms with Crippen LogP contribution in [0, 0.1) is 17.6 Å². The summed E-state index contributed by atoms with van der Waals surface area (Å²) in [6.45, 7) is 3.00. The van der Waals surface area contributed by atoms with E-state index in [0.29, 0.717) is 19.0 Å². The van der Waals surface area contributed by atoms with Gasteiger partial charge in [0, 0.05) is 37.5 Å². The summed E-state index contributed by atoms with van der Waals surface area (Å²) in [7, 11) is 0. The van der Waals surface area contributed by atoms with Crippen molar-refractivity contribution in [3.63, 3.8) is 0 Å². The van der Waals surface area contributed by atoms with Crippen LogP contribution in [-0.2, 0) is 19.7 Å². The Morgan fingerprint density at radius 1 is 1.11 bits per heavy atom. The summed E-state index contributed by atoms with van der Waals surface area (Å²) in [5, 5.41) is 2.54. The van der Waals surface area contributed by atoms with Crippen LogP contribution in [0.1, 0.15) is 58.2 Å². The SMILES string of the molecule is CCC[C@@H]1C[C@H]2Cn3cc(C(=O)NCc4ccc(F)cc4F)c(=O)c(OCc4ccccc4)c3C(=O)N2C1. The van der Waals surface area contributed by atoms with E-state index in [1.807, 2.05) is 35.2 Å². The molecule has 0 aliphatic carbocycles. The van der Waals surface area contributed by atoms with E-state index in [4.69, 9.17) is 4.74 Å². The lowest BCUT2D eigenvalue weighted by molar-refractivity contribution is 0.0652. The average molecular weight is 522 g/mol. The quantitative estimate of drug-likeness (QED) is 0.480. The number of hydrogen-bond donors (Lipinski definition) is 1. The molecule has 2 atom stereocenters. The number of hydrogen-bond acceptors (Lipinski definition) is 4. The highest BCUT2D eigenvalue weighted by atomic mass is 19.1. The number of nitrogens with one attached hydrogen (secondary N) is 1. The molecule has 0 saturated carbocycles. The van der Waals surface area contributed by atoms with Crippen LogP contribution >= 0.6 is 0 Å². The van der Waals surface area contributed by atoms with Crippen LogP contribution in [0.4, 0.5) is 8.78 Å². The van der Waals surface area contributed by atoms with E-state index in [-0.39, 0.29) is 47.7 Å². The van der Waals surface area contributed by atoms with Gasteiger partial charge >= 0.3 is 0 Å². The number of pyridine rings is 1. The molecule has 2 aromatic carbocycles. The van der Waals surface area contributed by atoms with Gasteiger partial charge in [0.1, 0.15) is 23.8 Å². The zero-order chi connectivity index (χ0) is 26.8. The average Bonchev–Trinajstić information content (AvgIpc) is 3.31. The number of fused-ring (bicyclic) bond motifs is 2. The Hall–Kier alpha value is -4.01. The number of carbonyl (C=O) groups excluding carboxylic acids is 2. The first kappa shape index (κ1) is 25.6. The van der Waals surface area contributed by atoms with E-state index >= 15 is 0 Å². The van der Waals surface area contributed by atoms with Crippen molar-refractivity contribution in [2.24, 2.45) is 5.92 Å². The minimum absolute atomic E-state index is 0.0275. The molecule has 0 unspecified atom stereocenters. The molecule has 5 rings (SSSR count). The second-order valence-corrected chi connectivity index (χ2v) is 9.90. The molecule has 2 aliphatic rings. The standard InChI is InChI=1S/C29H29F2N3O4/c1-2-6-19-11-22-15-33-16-23(28(36)32-13-20-9-10-21(30)12-24(20)31)26(35)27(25(33)29(37)34(22)14-19)38-17-18-7-4-3-5-8-18/h3-5,7-10,12,16,19,22H,2,6,11,13-15,17H2,1H3,(H,32,36)/t19-,22+/m1/s1. The van der Waals surface area contributed by atoms with Gasteiger partial charge in [0.15, 0.2) is 11.4 Å². The monoisotopic (exact) mass is 521 g/mol. The molecule has 0 bridgehead atoms. The Morgan fingerprint density at radius 3 is 2.63 bits per heavy atom. The molecule has 38 heavy (non-hydrogen) atoms. The molecule has 9 heteroatoms. The predicted molar refractivity (Wildman–Crippen MR) is 137 cm³/mol. The van der Waals surface area contributed by atoms with Gasteiger partial charge in [0.05, 0.1) is 6.04 Å². The predicted octanol–water partition coefficient (Wildman–Crippen LogP) is 4.28. The molecule has 7 nitrogen and oxygen atoms in total. The first-order valence-corrected chi connectivity index (χ1v) is 12.8. The van der Waals surface area contributed by atoms with Gasteiger partial charge in [-0.25, -0.2) is 8.78 Å². The fourth-order valence-electron chi connectivity index (χ4n) is 5.38. The van der Waals surface area contributed by atoms with Gasteiger partial charge in [0.25, 0.3) is 11.8 Å². The highest BCUT2D eigenvalue weighted by Gasteiger charge is 2.42. The summed E-state index contributed by atoms with van der Waals surface area (Å²) in [5.74, 6) is -2.32. The van der Waals surface area contributed by atoms with Crippen molar-refractivity contribution in [2.75, 3.05) is 6.54 Å². The number of amides is 2. The van der Waals surface area contributed by atoms with Crippen LogP contribution in [-0.4, -0.2) is 33.9 Å². The van der Waals surface area contributed by atoms with E-state index in [9.17, 15) is 23.2 Å². The number of ether oxygens (including phenoxy) is 1. The molecule has 1 aromatic heterocycles. The van der Waals surface area contributed by atoms with Crippen LogP contribution in [0.3, 0.4) is 0 Å². The number of benzene rings is 2. The fraction of sp³-hybridized carbons (Fsp3) is 0.345. The van der Waals surface area contributed by atoms with E-state index < -0.39 is 23.0 Å². The van der Waals surface area contributed by atoms with Crippen LogP contribution in [0.25, 0.3) is 0 Å². The van der Waals surface area contributed by atoms with Gasteiger partial charge in [-0.1, -0.05) is 49.7 Å². The Balaban J connectivity index is 1.48. The van der Waals surface area contributed by atoms with E-state index in [1.165, 1.54) is 12.3 Å². The Morgan fingerprint density at radius 2 is 1.89 bits per heavy atom. The second kappa shape index (κ2) is 10.8. The van der Waals surface area contributed by atoms with Crippen molar-refractivity contribution >= 4 is 11.8 Å². The third-order valence-electron chi connectivity index (χ3n) is 7.23. The third-order valence-corrected chi connectivity index (χ3v) is 7.23. The molecule has 1 fully saturated rings. The Kier molecular flexibility index (Phi) is 7.26. The summed E-state index contributed by atoms with van der Waals surface area (Å²) in [4.78, 5) is 42.1. The lowest BCUT2D eigenvalue weighted by Crippen LogP contribution is -2.46. The van der Waals surface area contributed by atoms with Crippen LogP contribution in [0.15, 0.2) is 59.5 Å². The van der Waals surface area contributed by atoms with Crippen LogP contribution in [0.5, 0.6) is 5.75 Å². The van der Waals surface area contributed by atoms with Gasteiger partial charge in [-0.3, -0.25) is 14.4 Å². The number of nitrogens with zero attached hydrogens (tertiary/aromatic N) is 2. The first-order chi connectivity index (χ1) is 18.4. The molecule has 0 spiro atoms. The maximum atomic E-state index is 14.1. The Labute approximate surface area is 219 Å². The van der Waals surface area contributed by atoms with Gasteiger partial charge < -0.3 is 19.5 Å². The lowest BCUT2D eigenvalue weighted by Gasteiger charge is -2.33. The lowest BCUT2D eigenvalue weighted by atomic mass is 10.00. The molecule has 0 radical (unpaired) electrons. The molecule has 1 N–H and O–H groups in total. The van der Waals surface area contributed by atoms with Gasteiger partial charge in [0.2, 0.25) is 5.43 Å². The molecule has 2 aliphatic heterocycles. The molecule has 3 aromatic rings. The normalized spacial score (nSPS) is 18.2. The third kappa shape index (κ3) is 5.05. The minimum atomic E-state index is -0.798. The summed E-state index contributed by atoms with van der Waals surface area (Å²) in [6.07, 6.45) is 4.29. The highest BCUT2D eigenvalue weighted by Crippen LogP contribution is 2.34. The molecular weight excluding hydrogens is 492 g/mol. The number of aromatic nitrogens is 1. The topological polar surface area (TPSA) is 80.6 Å². The number of rotatable bonds is 8. The fourth-order valence-corrected chi connectivity index (χ4v) is 5.38. The molecule has 3 heterocycles. The summed E-state index contributed by atoms with van der Waals surface area (Å²) in [5.41, 5.74) is 0.110. The van der Waals surface area contributed by atoms with Crippen molar-refractivity contribution in [1.82, 2.24) is 14.8 Å². The number of halogens is 2. The first-order valence-electron chi connectivity index (χ1n) is 12.8. The van der Waals surface area contributed by atoms with Gasteiger partial charge in [-0.05, 0) is 30.4 Å². The largest absolute Gasteiger partial charge is 0.483 e. The maximum Gasteiger partial charge on any atom is 0.274 e. The zero-order valence-electron chi connectivity index (χ0n) is 21.1. The van der Waals surface area contributed by atoms with Crippen molar-refractivity contribution in [3.05, 3.63) is 99.0 Å². The van der Waals surface area contributed by atoms with Gasteiger partial charge in [-0.2, -0.15) is 0 Å². The van der Waals surface area contributed by atoms with E-state index in [1.54, 1.807) is 4.57 Å². The van der Waals surface area contributed by atoms with Crippen molar-refractivity contribution < 1.29 is 23.1 Å². The molecule has 1 saturated heterocycles. The van der Waals surface area contributed by atoms with Crippen molar-refractivity contribution in [1.29, 1.82) is 0 Å². The summed E-state index contributed by atoms with van der Waals surface area (Å²) >= 11 is 0. The maximum absolute atomic E-state index is 14.1. The molecule has 2 amide bonds. The minimum Gasteiger partial charge on any atom is -0.483 e. The zero-order valence-corrected chi connectivity index (χ0v) is 21.1.